The zero-order chi connectivity index (χ0) is 54.0. The molecular formula is C47H71N3O21. The summed E-state index contributed by atoms with van der Waals surface area (Å²) in [6, 6.07) is 25.9. The number of amides is 1. The van der Waals surface area contributed by atoms with Crippen molar-refractivity contribution in [3.8, 4) is 0 Å². The minimum Gasteiger partial charge on any atom is -0.394 e. The van der Waals surface area contributed by atoms with E-state index in [0.717, 1.165) is 16.7 Å². The van der Waals surface area contributed by atoms with Crippen molar-refractivity contribution < 1.29 is 105 Å². The molecule has 0 aliphatic carbocycles. The molecule has 400 valence electrons. The normalized spacial score (nSPS) is 19.0. The minimum atomic E-state index is -2.36. The second kappa shape index (κ2) is 32.3. The van der Waals surface area contributed by atoms with Gasteiger partial charge < -0.3 is 101 Å². The summed E-state index contributed by atoms with van der Waals surface area (Å²) in [4.78, 5) is 30.3. The molecule has 13 atom stereocenters. The average molecular weight is 1010 g/mol. The number of rotatable bonds is 24. The third-order valence-electron chi connectivity index (χ3n) is 10.1. The molecule has 1 heterocycles. The number of carbonyl (C=O) groups is 2. The first kappa shape index (κ1) is 64.3. The van der Waals surface area contributed by atoms with E-state index in [0.29, 0.717) is 0 Å². The summed E-state index contributed by atoms with van der Waals surface area (Å²) in [7, 11) is 0. The number of nitrogens with one attached hydrogen (secondary N) is 1. The molecule has 24 nitrogen and oxygen atoms in total. The van der Waals surface area contributed by atoms with E-state index in [4.69, 9.17) is 40.1 Å². The number of aliphatic hydroxyl groups excluding tert-OH is 12. The van der Waals surface area contributed by atoms with Gasteiger partial charge in [-0.05, 0) is 44.4 Å². The lowest BCUT2D eigenvalue weighted by atomic mass is 9.99. The number of nitrogens with two attached hydrogens (primary N) is 1. The summed E-state index contributed by atoms with van der Waals surface area (Å²) >= 11 is 0. The number of benzene rings is 3. The van der Waals surface area contributed by atoms with Crippen LogP contribution < -0.4 is 11.2 Å². The monoisotopic (exact) mass is 1010 g/mol. The number of nitrogens with zero attached hydrogens (tertiary/aromatic N) is 1. The van der Waals surface area contributed by atoms with Crippen LogP contribution in [0.2, 0.25) is 0 Å². The fourth-order valence-electron chi connectivity index (χ4n) is 5.52. The van der Waals surface area contributed by atoms with Crippen molar-refractivity contribution in [2.24, 2.45) is 10.7 Å². The molecule has 0 aromatic heterocycles. The van der Waals surface area contributed by atoms with Crippen molar-refractivity contribution in [1.29, 1.82) is 0 Å². The minimum absolute atomic E-state index is 0.0581. The Kier molecular flexibility index (Phi) is 29.3. The van der Waals surface area contributed by atoms with E-state index in [-0.39, 0.29) is 37.9 Å². The van der Waals surface area contributed by atoms with E-state index in [1.54, 1.807) is 72.8 Å². The molecule has 0 bridgehead atoms. The first-order valence-corrected chi connectivity index (χ1v) is 22.0. The number of hydrogen-bond acceptors (Lipinski definition) is 23. The number of hydroxylamine groups is 1. The van der Waals surface area contributed by atoms with Crippen LogP contribution in [0.3, 0.4) is 0 Å². The van der Waals surface area contributed by atoms with Crippen molar-refractivity contribution in [2.45, 2.75) is 132 Å². The molecule has 1 amide bonds. The molecule has 0 radical (unpaired) electrons. The van der Waals surface area contributed by atoms with E-state index >= 15 is 0 Å². The summed E-state index contributed by atoms with van der Waals surface area (Å²) in [5.41, 5.74) is 9.52. The van der Waals surface area contributed by atoms with Crippen LogP contribution in [-0.4, -0.2) is 193 Å². The summed E-state index contributed by atoms with van der Waals surface area (Å²) in [5.74, 6) is -7.62. The average Bonchev–Trinajstić information content (AvgIpc) is 3.37. The number of carbonyl (C=O) groups excluding carboxylic acids is 2. The maximum atomic E-state index is 10.9. The summed E-state index contributed by atoms with van der Waals surface area (Å²) in [6.45, 7) is 2.73. The molecule has 0 saturated heterocycles. The quantitative estimate of drug-likeness (QED) is 0.0302. The fraction of sp³-hybridized carbons (Fsp3) is 0.511. The summed E-state index contributed by atoms with van der Waals surface area (Å²) < 4.78 is 15.4. The summed E-state index contributed by atoms with van der Waals surface area (Å²) in [5, 5.41) is 143. The van der Waals surface area contributed by atoms with Gasteiger partial charge in [0.25, 0.3) is 5.91 Å². The maximum absolute atomic E-state index is 10.9. The number of allylic oxidation sites excluding steroid dienone is 1. The van der Waals surface area contributed by atoms with E-state index in [1.807, 2.05) is 18.2 Å². The van der Waals surface area contributed by atoms with Crippen LogP contribution in [0.1, 0.15) is 50.8 Å². The molecule has 1 aliphatic rings. The maximum Gasteiger partial charge on any atom is 0.269 e. The standard InChI is InChI=1S/3C13H20O6.C8H11N3O3/c3*1-9(15)13(18,12(17)11(16)7-14)19-8-10-5-3-2-4-6-10;1-5(9)8(13)11-14-7-4-6(12)2-3-10-7/h3*2-6,9,11-12,14-18H,7-8H2,1H3;3-5H,2,9H2,1H3,(H,11,13). The van der Waals surface area contributed by atoms with Crippen LogP contribution in [0.15, 0.2) is 108 Å². The van der Waals surface area contributed by atoms with E-state index in [2.05, 4.69) is 10.5 Å². The van der Waals surface area contributed by atoms with Crippen molar-refractivity contribution >= 4 is 17.9 Å². The van der Waals surface area contributed by atoms with Crippen molar-refractivity contribution in [3.63, 3.8) is 0 Å². The SMILES string of the molecule is CC(N)C(=O)NOC1=CC(=O)CC=N1.CC(O)C(O)(OCc1ccccc1)C(O)C(O)CO.CC(O)C(O)(OCc1ccccc1)C(O)C(O)CO.CC(O)C(O)(OCc1ccccc1)C(O)C(O)CO. The highest BCUT2D eigenvalue weighted by Crippen LogP contribution is 2.25. The van der Waals surface area contributed by atoms with Crippen molar-refractivity contribution in [1.82, 2.24) is 5.48 Å². The number of ether oxygens (including phenoxy) is 3. The van der Waals surface area contributed by atoms with Crippen LogP contribution in [0.25, 0.3) is 0 Å². The Balaban J connectivity index is 0.000000476. The third-order valence-corrected chi connectivity index (χ3v) is 10.1. The number of aliphatic imine (C=N–C) groups is 1. The molecule has 0 spiro atoms. The van der Waals surface area contributed by atoms with Gasteiger partial charge in [0, 0.05) is 18.7 Å². The van der Waals surface area contributed by atoms with E-state index < -0.39 is 104 Å². The van der Waals surface area contributed by atoms with Crippen molar-refractivity contribution in [2.75, 3.05) is 19.8 Å². The molecule has 3 aromatic carbocycles. The molecule has 24 heteroatoms. The molecule has 4 rings (SSSR count). The smallest absolute Gasteiger partial charge is 0.269 e. The lowest BCUT2D eigenvalue weighted by molar-refractivity contribution is -0.317. The van der Waals surface area contributed by atoms with Crippen LogP contribution >= 0.6 is 0 Å². The highest BCUT2D eigenvalue weighted by Gasteiger charge is 2.47. The first-order chi connectivity index (χ1) is 33.3. The molecule has 71 heavy (non-hydrogen) atoms. The van der Waals surface area contributed by atoms with Gasteiger partial charge in [-0.1, -0.05) is 91.0 Å². The lowest BCUT2D eigenvalue weighted by Gasteiger charge is -2.36. The van der Waals surface area contributed by atoms with Gasteiger partial charge in [-0.3, -0.25) is 9.59 Å². The van der Waals surface area contributed by atoms with Crippen LogP contribution in [-0.2, 0) is 48.5 Å². The molecule has 0 saturated carbocycles. The van der Waals surface area contributed by atoms with Gasteiger partial charge in [-0.2, -0.15) is 5.48 Å². The first-order valence-electron chi connectivity index (χ1n) is 22.0. The zero-order valence-corrected chi connectivity index (χ0v) is 39.7. The second-order valence-electron chi connectivity index (χ2n) is 16.0. The molecule has 18 N–H and O–H groups in total. The third kappa shape index (κ3) is 21.5. The fourth-order valence-corrected chi connectivity index (χ4v) is 5.52. The zero-order valence-electron chi connectivity index (χ0n) is 39.7. The van der Waals surface area contributed by atoms with Gasteiger partial charge >= 0.3 is 0 Å². The van der Waals surface area contributed by atoms with Gasteiger partial charge in [-0.15, -0.1) is 0 Å². The number of aliphatic hydroxyl groups is 15. The van der Waals surface area contributed by atoms with Crippen LogP contribution in [0, 0.1) is 0 Å². The molecule has 3 aromatic rings. The lowest BCUT2D eigenvalue weighted by Crippen LogP contribution is -2.58. The molecular weight excluding hydrogens is 943 g/mol. The molecule has 0 fully saturated rings. The van der Waals surface area contributed by atoms with Gasteiger partial charge in [0.2, 0.25) is 23.2 Å². The van der Waals surface area contributed by atoms with E-state index in [1.165, 1.54) is 40.0 Å². The van der Waals surface area contributed by atoms with Gasteiger partial charge in [0.05, 0.1) is 45.7 Å². The van der Waals surface area contributed by atoms with Gasteiger partial charge in [-0.25, -0.2) is 4.99 Å². The Hall–Kier alpha value is -4.75. The second-order valence-corrected chi connectivity index (χ2v) is 16.0. The summed E-state index contributed by atoms with van der Waals surface area (Å²) in [6.07, 6.45) is -11.8. The Morgan fingerprint density at radius 2 is 0.873 bits per heavy atom. The molecule has 1 aliphatic heterocycles. The largest absolute Gasteiger partial charge is 0.394 e. The topological polar surface area (TPSA) is 425 Å². The Labute approximate surface area is 410 Å². The van der Waals surface area contributed by atoms with Gasteiger partial charge in [0.1, 0.15) is 54.9 Å². The predicted molar refractivity (Wildman–Crippen MR) is 250 cm³/mol. The Bertz CT molecular complexity index is 1810. The van der Waals surface area contributed by atoms with Gasteiger partial charge in [0.15, 0.2) is 5.78 Å². The van der Waals surface area contributed by atoms with Crippen LogP contribution in [0.5, 0.6) is 0 Å². The number of ketones is 1. The molecule has 13 unspecified atom stereocenters. The highest BCUT2D eigenvalue weighted by molar-refractivity contribution is 6.01. The highest BCUT2D eigenvalue weighted by atomic mass is 16.7. The van der Waals surface area contributed by atoms with Crippen LogP contribution in [0.4, 0.5) is 0 Å². The Morgan fingerprint density at radius 1 is 0.577 bits per heavy atom. The van der Waals surface area contributed by atoms with E-state index in [9.17, 15) is 70.9 Å². The number of hydrogen-bond donors (Lipinski definition) is 17. The predicted octanol–water partition coefficient (Wildman–Crippen LogP) is -3.77. The Morgan fingerprint density at radius 3 is 1.11 bits per heavy atom. The van der Waals surface area contributed by atoms with Crippen molar-refractivity contribution in [3.05, 3.63) is 120 Å².